The van der Waals surface area contributed by atoms with E-state index < -0.39 is 5.97 Å². The summed E-state index contributed by atoms with van der Waals surface area (Å²) in [6.07, 6.45) is 2.23. The highest BCUT2D eigenvalue weighted by atomic mass is 16.4. The summed E-state index contributed by atoms with van der Waals surface area (Å²) in [5, 5.41) is 12.6. The highest BCUT2D eigenvalue weighted by Gasteiger charge is 2.12. The van der Waals surface area contributed by atoms with E-state index in [9.17, 15) is 9.90 Å². The zero-order valence-electron chi connectivity index (χ0n) is 11.6. The number of nitrogens with one attached hydrogen (secondary N) is 1. The molecule has 0 fully saturated rings. The van der Waals surface area contributed by atoms with Crippen LogP contribution < -0.4 is 5.32 Å². The highest BCUT2D eigenvalue weighted by molar-refractivity contribution is 5.97. The zero-order valence-corrected chi connectivity index (χ0v) is 11.6. The highest BCUT2D eigenvalue weighted by Crippen LogP contribution is 2.27. The van der Waals surface area contributed by atoms with Gasteiger partial charge in [0.05, 0.1) is 5.56 Å². The zero-order chi connectivity index (χ0) is 14.4. The first-order chi connectivity index (χ1) is 9.72. The first-order valence-electron chi connectivity index (χ1n) is 6.89. The molecule has 2 aromatic carbocycles. The third kappa shape index (κ3) is 3.38. The summed E-state index contributed by atoms with van der Waals surface area (Å²) < 4.78 is 0. The average Bonchev–Trinajstić information content (AvgIpc) is 2.48. The maximum atomic E-state index is 11.3. The second-order valence-electron chi connectivity index (χ2n) is 4.71. The minimum absolute atomic E-state index is 0.331. The number of carboxylic acids is 1. The predicted octanol–water partition coefficient (Wildman–Crippen LogP) is 4.26. The Hall–Kier alpha value is -2.29. The molecule has 0 saturated carbocycles. The summed E-state index contributed by atoms with van der Waals surface area (Å²) in [5.74, 6) is -0.899. The van der Waals surface area contributed by atoms with Gasteiger partial charge in [0.1, 0.15) is 0 Å². The van der Waals surface area contributed by atoms with E-state index in [0.717, 1.165) is 36.2 Å². The minimum Gasteiger partial charge on any atom is -0.478 e. The molecule has 0 bridgehead atoms. The Morgan fingerprint density at radius 1 is 1.15 bits per heavy atom. The van der Waals surface area contributed by atoms with Crippen molar-refractivity contribution in [2.75, 3.05) is 11.9 Å². The molecule has 0 amide bonds. The SMILES string of the molecule is CCCCNc1ccc(C(=O)O)c(-c2ccccc2)c1. The number of unbranched alkanes of at least 4 members (excludes halogenated alkanes) is 1. The second kappa shape index (κ2) is 6.75. The van der Waals surface area contributed by atoms with E-state index in [2.05, 4.69) is 12.2 Å². The van der Waals surface area contributed by atoms with E-state index in [1.807, 2.05) is 42.5 Å². The molecule has 2 aromatic rings. The monoisotopic (exact) mass is 269 g/mol. The van der Waals surface area contributed by atoms with Gasteiger partial charge in [-0.3, -0.25) is 0 Å². The van der Waals surface area contributed by atoms with Gasteiger partial charge < -0.3 is 10.4 Å². The minimum atomic E-state index is -0.899. The standard InChI is InChI=1S/C17H19NO2/c1-2-3-11-18-14-9-10-15(17(19)20)16(12-14)13-7-5-4-6-8-13/h4-10,12,18H,2-3,11H2,1H3,(H,19,20). The number of hydrogen-bond acceptors (Lipinski definition) is 2. The lowest BCUT2D eigenvalue weighted by Gasteiger charge is -2.11. The number of aromatic carboxylic acids is 1. The second-order valence-corrected chi connectivity index (χ2v) is 4.71. The van der Waals surface area contributed by atoms with Gasteiger partial charge in [-0.05, 0) is 35.7 Å². The van der Waals surface area contributed by atoms with E-state index in [4.69, 9.17) is 0 Å². The predicted molar refractivity (Wildman–Crippen MR) is 82.2 cm³/mol. The van der Waals surface area contributed by atoms with E-state index in [1.54, 1.807) is 6.07 Å². The Morgan fingerprint density at radius 3 is 2.55 bits per heavy atom. The Kier molecular flexibility index (Phi) is 4.77. The Labute approximate surface area is 119 Å². The number of benzene rings is 2. The molecule has 0 heterocycles. The van der Waals surface area contributed by atoms with Crippen LogP contribution in [0.2, 0.25) is 0 Å². The molecular weight excluding hydrogens is 250 g/mol. The molecule has 0 aliphatic heterocycles. The van der Waals surface area contributed by atoms with Gasteiger partial charge in [0.25, 0.3) is 0 Å². The van der Waals surface area contributed by atoms with Crippen LogP contribution in [-0.2, 0) is 0 Å². The number of anilines is 1. The maximum absolute atomic E-state index is 11.3. The van der Waals surface area contributed by atoms with Crippen LogP contribution in [0.5, 0.6) is 0 Å². The van der Waals surface area contributed by atoms with E-state index >= 15 is 0 Å². The molecule has 0 aromatic heterocycles. The van der Waals surface area contributed by atoms with Gasteiger partial charge in [-0.15, -0.1) is 0 Å². The van der Waals surface area contributed by atoms with Gasteiger partial charge in [0, 0.05) is 12.2 Å². The van der Waals surface area contributed by atoms with Crippen molar-refractivity contribution in [3.05, 3.63) is 54.1 Å². The molecular formula is C17H19NO2. The number of carboxylic acid groups (broad SMARTS) is 1. The largest absolute Gasteiger partial charge is 0.478 e. The lowest BCUT2D eigenvalue weighted by atomic mass is 9.99. The van der Waals surface area contributed by atoms with Gasteiger partial charge in [0.15, 0.2) is 0 Å². The Morgan fingerprint density at radius 2 is 1.90 bits per heavy atom. The van der Waals surface area contributed by atoms with Crippen molar-refractivity contribution in [2.45, 2.75) is 19.8 Å². The van der Waals surface area contributed by atoms with Crippen molar-refractivity contribution in [3.63, 3.8) is 0 Å². The summed E-state index contributed by atoms with van der Waals surface area (Å²) in [7, 11) is 0. The summed E-state index contributed by atoms with van der Waals surface area (Å²) in [4.78, 5) is 11.3. The summed E-state index contributed by atoms with van der Waals surface area (Å²) >= 11 is 0. The van der Waals surface area contributed by atoms with E-state index in [-0.39, 0.29) is 0 Å². The lowest BCUT2D eigenvalue weighted by molar-refractivity contribution is 0.0698. The normalized spacial score (nSPS) is 10.2. The van der Waals surface area contributed by atoms with Crippen LogP contribution in [0.1, 0.15) is 30.1 Å². The smallest absolute Gasteiger partial charge is 0.336 e. The van der Waals surface area contributed by atoms with Crippen LogP contribution in [0.25, 0.3) is 11.1 Å². The molecule has 0 aliphatic carbocycles. The van der Waals surface area contributed by atoms with Crippen LogP contribution in [0.3, 0.4) is 0 Å². The third-order valence-corrected chi connectivity index (χ3v) is 3.19. The van der Waals surface area contributed by atoms with Gasteiger partial charge in [-0.1, -0.05) is 43.7 Å². The number of carbonyl (C=O) groups is 1. The number of hydrogen-bond donors (Lipinski definition) is 2. The molecule has 0 saturated heterocycles. The van der Waals surface area contributed by atoms with Crippen LogP contribution in [0.4, 0.5) is 5.69 Å². The molecule has 0 atom stereocenters. The van der Waals surface area contributed by atoms with E-state index in [1.165, 1.54) is 0 Å². The molecule has 0 unspecified atom stereocenters. The first kappa shape index (κ1) is 14.1. The maximum Gasteiger partial charge on any atom is 0.336 e. The quantitative estimate of drug-likeness (QED) is 0.770. The average molecular weight is 269 g/mol. The number of rotatable bonds is 6. The lowest BCUT2D eigenvalue weighted by Crippen LogP contribution is -2.04. The fourth-order valence-corrected chi connectivity index (χ4v) is 2.11. The molecule has 20 heavy (non-hydrogen) atoms. The van der Waals surface area contributed by atoms with E-state index in [0.29, 0.717) is 5.56 Å². The molecule has 0 aliphatic rings. The summed E-state index contributed by atoms with van der Waals surface area (Å²) in [6.45, 7) is 3.04. The van der Waals surface area contributed by atoms with Crippen molar-refractivity contribution in [2.24, 2.45) is 0 Å². The molecule has 3 heteroatoms. The molecule has 0 radical (unpaired) electrons. The molecule has 3 nitrogen and oxygen atoms in total. The van der Waals surface area contributed by atoms with Crippen molar-refractivity contribution < 1.29 is 9.90 Å². The molecule has 2 N–H and O–H groups in total. The van der Waals surface area contributed by atoms with Crippen LogP contribution >= 0.6 is 0 Å². The summed E-state index contributed by atoms with van der Waals surface area (Å²) in [5.41, 5.74) is 2.96. The Balaban J connectivity index is 2.35. The molecule has 104 valence electrons. The molecule has 0 spiro atoms. The summed E-state index contributed by atoms with van der Waals surface area (Å²) in [6, 6.07) is 15.0. The van der Waals surface area contributed by atoms with Crippen molar-refractivity contribution in [1.82, 2.24) is 0 Å². The van der Waals surface area contributed by atoms with Crippen molar-refractivity contribution in [1.29, 1.82) is 0 Å². The fraction of sp³-hybridized carbons (Fsp3) is 0.235. The van der Waals surface area contributed by atoms with Gasteiger partial charge in [0.2, 0.25) is 0 Å². The fourth-order valence-electron chi connectivity index (χ4n) is 2.11. The van der Waals surface area contributed by atoms with Gasteiger partial charge in [-0.2, -0.15) is 0 Å². The van der Waals surface area contributed by atoms with Crippen molar-refractivity contribution >= 4 is 11.7 Å². The van der Waals surface area contributed by atoms with Crippen molar-refractivity contribution in [3.8, 4) is 11.1 Å². The van der Waals surface area contributed by atoms with Gasteiger partial charge in [-0.25, -0.2) is 4.79 Å². The third-order valence-electron chi connectivity index (χ3n) is 3.19. The first-order valence-corrected chi connectivity index (χ1v) is 6.89. The van der Waals surface area contributed by atoms with Crippen LogP contribution in [0.15, 0.2) is 48.5 Å². The topological polar surface area (TPSA) is 49.3 Å². The Bertz CT molecular complexity index is 579. The van der Waals surface area contributed by atoms with Gasteiger partial charge >= 0.3 is 5.97 Å². The van der Waals surface area contributed by atoms with Crippen LogP contribution in [0, 0.1) is 0 Å². The van der Waals surface area contributed by atoms with Crippen LogP contribution in [-0.4, -0.2) is 17.6 Å². The molecule has 2 rings (SSSR count).